The Balaban J connectivity index is 4.45. The SMILES string of the molecule is CC/C=C\C/C=C\C/C=C\C/C=C\C/C=C\C/C=C\CCCCCCCCCCCCCCCCCCC(=O)OCC(O)COP(=O)(O)OCC(O)COP(=O)(O)OCC(COC(=O)CCCCC/C=C\C/C=C\C/C=C\C/C=C\C/C=C\CC)OC(=O)CCCCCCC/C=C\C/C=C\C/C=C\CC. The molecule has 0 rings (SSSR count). The molecule has 5 unspecified atom stereocenters. The largest absolute Gasteiger partial charge is 0.472 e. The van der Waals surface area contributed by atoms with E-state index in [2.05, 4.69) is 191 Å². The summed E-state index contributed by atoms with van der Waals surface area (Å²) in [7, 11) is -9.81. The number of phosphoric acid groups is 2. The highest BCUT2D eigenvalue weighted by Crippen LogP contribution is 2.45. The van der Waals surface area contributed by atoms with E-state index in [9.17, 15) is 43.5 Å². The molecule has 0 aromatic carbocycles. The maximum atomic E-state index is 12.9. The first-order chi connectivity index (χ1) is 51.2. The van der Waals surface area contributed by atoms with Crippen molar-refractivity contribution in [3.63, 3.8) is 0 Å². The lowest BCUT2D eigenvalue weighted by atomic mass is 10.0. The minimum Gasteiger partial charge on any atom is -0.463 e. The van der Waals surface area contributed by atoms with Crippen LogP contribution >= 0.6 is 15.6 Å². The van der Waals surface area contributed by atoms with Crippen molar-refractivity contribution < 1.29 is 75.8 Å². The second-order valence-corrected chi connectivity index (χ2v) is 29.3. The Morgan fingerprint density at radius 1 is 0.267 bits per heavy atom. The van der Waals surface area contributed by atoms with Crippen LogP contribution in [0.2, 0.25) is 0 Å². The molecule has 4 N–H and O–H groups in total. The van der Waals surface area contributed by atoms with Crippen molar-refractivity contribution >= 4 is 33.6 Å². The van der Waals surface area contributed by atoms with Crippen molar-refractivity contribution in [2.45, 2.75) is 322 Å². The molecule has 0 aliphatic heterocycles. The number of carbonyl (C=O) groups is 3. The Bertz CT molecular complexity index is 2590. The lowest BCUT2D eigenvalue weighted by molar-refractivity contribution is -0.161. The summed E-state index contributed by atoms with van der Waals surface area (Å²) in [6.07, 6.45) is 99.9. The zero-order chi connectivity index (χ0) is 76.6. The molecule has 0 bridgehead atoms. The highest BCUT2D eigenvalue weighted by molar-refractivity contribution is 7.47. The molecule has 0 aliphatic rings. The quantitative estimate of drug-likeness (QED) is 0.0146. The number of unbranched alkanes of at least 4 members (excludes halogenated alkanes) is 24. The first-order valence-corrected chi connectivity index (χ1v) is 43.4. The van der Waals surface area contributed by atoms with Crippen LogP contribution in [0.25, 0.3) is 0 Å². The monoisotopic (exact) mass is 1510 g/mol. The van der Waals surface area contributed by atoms with E-state index in [0.29, 0.717) is 19.3 Å². The normalized spacial score (nSPS) is 14.8. The summed E-state index contributed by atoms with van der Waals surface area (Å²) < 4.78 is 61.1. The molecule has 598 valence electrons. The van der Waals surface area contributed by atoms with E-state index >= 15 is 0 Å². The minimum atomic E-state index is -4.95. The summed E-state index contributed by atoms with van der Waals surface area (Å²) >= 11 is 0. The van der Waals surface area contributed by atoms with Crippen molar-refractivity contribution in [2.75, 3.05) is 39.6 Å². The van der Waals surface area contributed by atoms with E-state index in [1.54, 1.807) is 0 Å². The second kappa shape index (κ2) is 78.5. The second-order valence-electron chi connectivity index (χ2n) is 26.4. The maximum absolute atomic E-state index is 12.9. The number of esters is 3. The van der Waals surface area contributed by atoms with Crippen molar-refractivity contribution in [3.8, 4) is 0 Å². The standard InChI is InChI=1S/C87H144O16P2/c1-4-7-10-13-16-19-22-25-28-30-32-33-34-35-36-37-38-39-40-41-42-43-44-45-46-47-49-51-53-55-58-61-64-67-70-73-85(90)97-76-82(88)77-99-104(93,94)100-78-83(89)79-101-105(95,96)102-81-84(103-87(92)75-72-69-66-63-60-57-52-27-24-21-18-15-12-9-6-3)80-98-86(91)74-71-68-65-62-59-56-54-50-48-31-29-26-23-20-17-14-11-8-5-2/h7-12,16-21,25-29,32-33,35-36,38-39,48,50,52,56,59,82-84,88-89H,4-6,13-15,22-24,30-31,34,37,40-47,49,51,53-55,57-58,60-81H2,1-3H3,(H,93,94)(H,95,96)/b10-7-,11-8-,12-9-,19-16-,20-17-,21-18-,28-25-,29-26-,33-32-,36-35-,39-38-,50-48-,52-27-,59-56-. The van der Waals surface area contributed by atoms with Crippen molar-refractivity contribution in [1.82, 2.24) is 0 Å². The molecular formula is C87H144O16P2. The average molecular weight is 1510 g/mol. The third-order valence-electron chi connectivity index (χ3n) is 16.4. The van der Waals surface area contributed by atoms with Gasteiger partial charge in [-0.15, -0.1) is 0 Å². The Labute approximate surface area is 637 Å². The van der Waals surface area contributed by atoms with E-state index < -0.39 is 91.5 Å². The number of allylic oxidation sites excluding steroid dienone is 28. The molecule has 18 heteroatoms. The van der Waals surface area contributed by atoms with Gasteiger partial charge in [-0.25, -0.2) is 9.13 Å². The molecule has 0 amide bonds. The van der Waals surface area contributed by atoms with Crippen LogP contribution in [-0.2, 0) is 55.8 Å². The molecule has 0 fully saturated rings. The first-order valence-electron chi connectivity index (χ1n) is 40.4. The van der Waals surface area contributed by atoms with Gasteiger partial charge in [0.25, 0.3) is 0 Å². The molecule has 0 aromatic heterocycles. The van der Waals surface area contributed by atoms with Gasteiger partial charge in [0.15, 0.2) is 6.10 Å². The van der Waals surface area contributed by atoms with Crippen LogP contribution in [0.5, 0.6) is 0 Å². The molecule has 16 nitrogen and oxygen atoms in total. The van der Waals surface area contributed by atoms with E-state index in [0.717, 1.165) is 161 Å². The number of hydrogen-bond acceptors (Lipinski definition) is 14. The first kappa shape index (κ1) is 99.9. The van der Waals surface area contributed by atoms with Crippen LogP contribution in [0.4, 0.5) is 0 Å². The molecule has 0 saturated carbocycles. The molecule has 5 atom stereocenters. The third kappa shape index (κ3) is 79.8. The van der Waals surface area contributed by atoms with Crippen LogP contribution in [0.3, 0.4) is 0 Å². The van der Waals surface area contributed by atoms with Gasteiger partial charge in [0.2, 0.25) is 0 Å². The fourth-order valence-electron chi connectivity index (χ4n) is 10.4. The number of phosphoric ester groups is 2. The highest BCUT2D eigenvalue weighted by Gasteiger charge is 2.29. The summed E-state index contributed by atoms with van der Waals surface area (Å²) in [5.74, 6) is -1.64. The fraction of sp³-hybridized carbons (Fsp3) is 0.644. The van der Waals surface area contributed by atoms with Crippen LogP contribution < -0.4 is 0 Å². The van der Waals surface area contributed by atoms with Gasteiger partial charge in [-0.3, -0.25) is 32.5 Å². The number of carbonyl (C=O) groups excluding carboxylic acids is 3. The highest BCUT2D eigenvalue weighted by atomic mass is 31.2. The van der Waals surface area contributed by atoms with Gasteiger partial charge in [-0.1, -0.05) is 306 Å². The zero-order valence-electron chi connectivity index (χ0n) is 65.3. The predicted molar refractivity (Wildman–Crippen MR) is 435 cm³/mol. The molecular weight excluding hydrogens is 1360 g/mol. The van der Waals surface area contributed by atoms with E-state index in [1.165, 1.54) is 83.5 Å². The summed E-state index contributed by atoms with van der Waals surface area (Å²) in [4.78, 5) is 58.6. The number of hydrogen-bond donors (Lipinski definition) is 4. The van der Waals surface area contributed by atoms with Gasteiger partial charge in [-0.05, 0) is 148 Å². The molecule has 0 radical (unpaired) electrons. The van der Waals surface area contributed by atoms with Crippen LogP contribution in [0.15, 0.2) is 170 Å². The Morgan fingerprint density at radius 2 is 0.476 bits per heavy atom. The van der Waals surface area contributed by atoms with Crippen LogP contribution in [-0.4, -0.2) is 95.9 Å². The lowest BCUT2D eigenvalue weighted by Crippen LogP contribution is -2.30. The van der Waals surface area contributed by atoms with Gasteiger partial charge in [0.1, 0.15) is 25.4 Å². The number of aliphatic hydroxyl groups is 2. The summed E-state index contributed by atoms with van der Waals surface area (Å²) in [6, 6.07) is 0. The lowest BCUT2D eigenvalue weighted by Gasteiger charge is -2.21. The molecule has 0 heterocycles. The van der Waals surface area contributed by atoms with Gasteiger partial charge in [-0.2, -0.15) is 0 Å². The number of aliphatic hydroxyl groups excluding tert-OH is 2. The van der Waals surface area contributed by atoms with Crippen molar-refractivity contribution in [2.24, 2.45) is 0 Å². The number of rotatable bonds is 75. The minimum absolute atomic E-state index is 0.0726. The van der Waals surface area contributed by atoms with Gasteiger partial charge < -0.3 is 34.2 Å². The van der Waals surface area contributed by atoms with Crippen LogP contribution in [0.1, 0.15) is 303 Å². The Morgan fingerprint density at radius 3 is 0.762 bits per heavy atom. The fourth-order valence-corrected chi connectivity index (χ4v) is 12.0. The summed E-state index contributed by atoms with van der Waals surface area (Å²) in [5, 5.41) is 20.6. The van der Waals surface area contributed by atoms with Crippen LogP contribution in [0, 0.1) is 0 Å². The molecule has 105 heavy (non-hydrogen) atoms. The van der Waals surface area contributed by atoms with E-state index in [1.807, 2.05) is 0 Å². The zero-order valence-corrected chi connectivity index (χ0v) is 67.1. The predicted octanol–water partition coefficient (Wildman–Crippen LogP) is 24.0. The smallest absolute Gasteiger partial charge is 0.463 e. The number of ether oxygens (including phenoxy) is 3. The molecule has 0 aromatic rings. The van der Waals surface area contributed by atoms with Crippen molar-refractivity contribution in [3.05, 3.63) is 170 Å². The topological polar surface area (TPSA) is 231 Å². The van der Waals surface area contributed by atoms with E-state index in [-0.39, 0.29) is 19.3 Å². The van der Waals surface area contributed by atoms with Gasteiger partial charge in [0, 0.05) is 19.3 Å². The molecule has 0 saturated heterocycles. The average Bonchev–Trinajstić information content (AvgIpc) is 0.942. The summed E-state index contributed by atoms with van der Waals surface area (Å²) in [6.45, 7) is 2.27. The van der Waals surface area contributed by atoms with Gasteiger partial charge >= 0.3 is 33.6 Å². The Kier molecular flexibility index (Phi) is 74.7. The van der Waals surface area contributed by atoms with Gasteiger partial charge in [0.05, 0.1) is 26.4 Å². The Hall–Kier alpha value is -5.09. The maximum Gasteiger partial charge on any atom is 0.472 e. The molecule has 0 spiro atoms. The van der Waals surface area contributed by atoms with Crippen molar-refractivity contribution in [1.29, 1.82) is 0 Å². The molecule has 0 aliphatic carbocycles. The third-order valence-corrected chi connectivity index (χ3v) is 18.3. The summed E-state index contributed by atoms with van der Waals surface area (Å²) in [5.41, 5.74) is 0. The van der Waals surface area contributed by atoms with E-state index in [4.69, 9.17) is 32.3 Å².